The molecule has 2 aromatic rings. The summed E-state index contributed by atoms with van der Waals surface area (Å²) in [6.07, 6.45) is 0. The standard InChI is InChI=1S/C28H38N6O4/c1-13(27(5,31)15(3)29)25(37)33-19-11-7-9-17-21(19)24(36)22-18(23(17)35)10-8-12-20(22)34-26(38)14(2)28(6,32)16(4)30/h7-16H,29-32H2,1-6H3,(H,33,37)(H,34,38). The van der Waals surface area contributed by atoms with Crippen molar-refractivity contribution in [1.29, 1.82) is 0 Å². The van der Waals surface area contributed by atoms with Gasteiger partial charge in [0.25, 0.3) is 0 Å². The quantitative estimate of drug-likeness (QED) is 0.257. The summed E-state index contributed by atoms with van der Waals surface area (Å²) in [4.78, 5) is 53.5. The minimum absolute atomic E-state index is 0.0408. The van der Waals surface area contributed by atoms with Gasteiger partial charge < -0.3 is 33.6 Å². The third-order valence-electron chi connectivity index (χ3n) is 8.20. The number of anilines is 2. The molecule has 0 bridgehead atoms. The maximum Gasteiger partial charge on any atom is 0.229 e. The number of nitrogens with one attached hydrogen (secondary N) is 2. The smallest absolute Gasteiger partial charge is 0.229 e. The first-order valence-corrected chi connectivity index (χ1v) is 12.6. The Labute approximate surface area is 222 Å². The van der Waals surface area contributed by atoms with Crippen molar-refractivity contribution in [2.24, 2.45) is 34.8 Å². The van der Waals surface area contributed by atoms with E-state index in [0.29, 0.717) is 0 Å². The van der Waals surface area contributed by atoms with E-state index in [9.17, 15) is 19.2 Å². The zero-order valence-electron chi connectivity index (χ0n) is 22.7. The number of ketones is 2. The molecule has 2 aromatic carbocycles. The molecule has 0 heterocycles. The summed E-state index contributed by atoms with van der Waals surface area (Å²) in [6, 6.07) is 8.38. The van der Waals surface area contributed by atoms with Gasteiger partial charge in [-0.2, -0.15) is 0 Å². The Morgan fingerprint density at radius 1 is 0.684 bits per heavy atom. The van der Waals surface area contributed by atoms with Gasteiger partial charge in [0.2, 0.25) is 11.8 Å². The predicted molar refractivity (Wildman–Crippen MR) is 148 cm³/mol. The van der Waals surface area contributed by atoms with Crippen LogP contribution in [0.1, 0.15) is 73.4 Å². The molecule has 0 aromatic heterocycles. The maximum atomic E-state index is 13.9. The van der Waals surface area contributed by atoms with Gasteiger partial charge in [-0.3, -0.25) is 19.2 Å². The SMILES string of the molecule is CC(N)C(C)(N)C(C)C(=O)Nc1cccc2c1C(=O)c1c(NC(=O)C(C)C(C)(N)C(C)N)cccc1C2=O. The summed E-state index contributed by atoms with van der Waals surface area (Å²) in [5, 5.41) is 5.52. The number of carbonyl (C=O) groups excluding carboxylic acids is 4. The minimum Gasteiger partial charge on any atom is -0.326 e. The van der Waals surface area contributed by atoms with Gasteiger partial charge in [-0.15, -0.1) is 0 Å². The second-order valence-electron chi connectivity index (χ2n) is 10.8. The van der Waals surface area contributed by atoms with Crippen molar-refractivity contribution in [3.8, 4) is 0 Å². The first kappa shape index (κ1) is 29.1. The number of benzene rings is 2. The highest BCUT2D eigenvalue weighted by atomic mass is 16.2. The summed E-state index contributed by atoms with van der Waals surface area (Å²) in [7, 11) is 0. The molecule has 204 valence electrons. The lowest BCUT2D eigenvalue weighted by atomic mass is 9.80. The Balaban J connectivity index is 2.02. The average Bonchev–Trinajstić information content (AvgIpc) is 2.85. The Morgan fingerprint density at radius 3 is 1.34 bits per heavy atom. The van der Waals surface area contributed by atoms with Crippen molar-refractivity contribution in [3.63, 3.8) is 0 Å². The summed E-state index contributed by atoms with van der Waals surface area (Å²) in [6.45, 7) is 10.1. The molecule has 10 nitrogen and oxygen atoms in total. The second kappa shape index (κ2) is 10.4. The summed E-state index contributed by atoms with van der Waals surface area (Å²) in [5.74, 6) is -3.20. The van der Waals surface area contributed by atoms with E-state index in [1.165, 1.54) is 12.1 Å². The van der Waals surface area contributed by atoms with E-state index < -0.39 is 58.4 Å². The molecule has 10 N–H and O–H groups in total. The molecule has 0 radical (unpaired) electrons. The van der Waals surface area contributed by atoms with Gasteiger partial charge in [0, 0.05) is 34.3 Å². The number of fused-ring (bicyclic) bond motifs is 2. The normalized spacial score (nSPS) is 19.1. The molecule has 1 aliphatic carbocycles. The van der Waals surface area contributed by atoms with Gasteiger partial charge in [0.15, 0.2) is 11.6 Å². The van der Waals surface area contributed by atoms with Gasteiger partial charge in [-0.1, -0.05) is 38.1 Å². The highest BCUT2D eigenvalue weighted by Gasteiger charge is 2.39. The van der Waals surface area contributed by atoms with Crippen LogP contribution in [0.5, 0.6) is 0 Å². The Kier molecular flexibility index (Phi) is 7.95. The van der Waals surface area contributed by atoms with Crippen LogP contribution < -0.4 is 33.6 Å². The third kappa shape index (κ3) is 5.00. The predicted octanol–water partition coefficient (Wildman–Crippen LogP) is 1.74. The lowest BCUT2D eigenvalue weighted by Gasteiger charge is -2.34. The van der Waals surface area contributed by atoms with E-state index in [2.05, 4.69) is 10.6 Å². The topological polar surface area (TPSA) is 196 Å². The van der Waals surface area contributed by atoms with Crippen molar-refractivity contribution >= 4 is 34.8 Å². The Hall–Kier alpha value is -3.44. The third-order valence-corrected chi connectivity index (χ3v) is 8.20. The van der Waals surface area contributed by atoms with Crippen molar-refractivity contribution in [1.82, 2.24) is 0 Å². The first-order chi connectivity index (χ1) is 17.5. The highest BCUT2D eigenvalue weighted by molar-refractivity contribution is 6.32. The molecule has 0 saturated heterocycles. The van der Waals surface area contributed by atoms with Crippen molar-refractivity contribution < 1.29 is 19.2 Å². The zero-order valence-corrected chi connectivity index (χ0v) is 22.7. The highest BCUT2D eigenvalue weighted by Crippen LogP contribution is 2.36. The molecule has 2 amide bonds. The molecule has 0 aliphatic heterocycles. The van der Waals surface area contributed by atoms with Crippen molar-refractivity contribution in [2.75, 3.05) is 10.6 Å². The average molecular weight is 523 g/mol. The van der Waals surface area contributed by atoms with Crippen molar-refractivity contribution in [2.45, 2.75) is 64.7 Å². The largest absolute Gasteiger partial charge is 0.326 e. The number of amides is 2. The van der Waals surface area contributed by atoms with Gasteiger partial charge in [0.1, 0.15) is 0 Å². The number of hydrogen-bond donors (Lipinski definition) is 6. The van der Waals surface area contributed by atoms with Gasteiger partial charge in [0.05, 0.1) is 34.3 Å². The molecule has 38 heavy (non-hydrogen) atoms. The van der Waals surface area contributed by atoms with E-state index in [4.69, 9.17) is 22.9 Å². The van der Waals surface area contributed by atoms with E-state index in [0.717, 1.165) is 0 Å². The molecule has 6 unspecified atom stereocenters. The van der Waals surface area contributed by atoms with Crippen LogP contribution >= 0.6 is 0 Å². The second-order valence-corrected chi connectivity index (χ2v) is 10.8. The fourth-order valence-electron chi connectivity index (χ4n) is 4.29. The van der Waals surface area contributed by atoms with Crippen LogP contribution in [0.4, 0.5) is 11.4 Å². The molecule has 10 heteroatoms. The lowest BCUT2D eigenvalue weighted by molar-refractivity contribution is -0.122. The summed E-state index contributed by atoms with van der Waals surface area (Å²) in [5.41, 5.74) is 23.2. The monoisotopic (exact) mass is 522 g/mol. The van der Waals surface area contributed by atoms with Crippen molar-refractivity contribution in [3.05, 3.63) is 58.7 Å². The fraction of sp³-hybridized carbons (Fsp3) is 0.429. The van der Waals surface area contributed by atoms with Crippen LogP contribution in [0.3, 0.4) is 0 Å². The minimum atomic E-state index is -1.02. The number of hydrogen-bond acceptors (Lipinski definition) is 8. The maximum absolute atomic E-state index is 13.9. The van der Waals surface area contributed by atoms with Gasteiger partial charge in [-0.05, 0) is 39.8 Å². The van der Waals surface area contributed by atoms with E-state index in [1.807, 2.05) is 0 Å². The number of nitrogens with two attached hydrogens (primary N) is 4. The van der Waals surface area contributed by atoms with E-state index in [1.54, 1.807) is 65.8 Å². The molecular weight excluding hydrogens is 484 g/mol. The molecule has 0 fully saturated rings. The van der Waals surface area contributed by atoms with E-state index in [-0.39, 0.29) is 33.6 Å². The van der Waals surface area contributed by atoms with Crippen LogP contribution in [-0.4, -0.2) is 46.5 Å². The molecule has 1 aliphatic rings. The number of rotatable bonds is 8. The van der Waals surface area contributed by atoms with Crippen LogP contribution in [0.15, 0.2) is 36.4 Å². The molecular formula is C28H38N6O4. The Morgan fingerprint density at radius 2 is 1.03 bits per heavy atom. The lowest BCUT2D eigenvalue weighted by Crippen LogP contribution is -2.58. The van der Waals surface area contributed by atoms with E-state index >= 15 is 0 Å². The molecule has 3 rings (SSSR count). The summed E-state index contributed by atoms with van der Waals surface area (Å²) < 4.78 is 0. The summed E-state index contributed by atoms with van der Waals surface area (Å²) >= 11 is 0. The molecule has 0 saturated carbocycles. The molecule has 0 spiro atoms. The number of carbonyl (C=O) groups is 4. The first-order valence-electron chi connectivity index (χ1n) is 12.6. The van der Waals surface area contributed by atoms with Gasteiger partial charge >= 0.3 is 0 Å². The molecule has 6 atom stereocenters. The zero-order chi connectivity index (χ0) is 28.7. The van der Waals surface area contributed by atoms with Gasteiger partial charge in [-0.25, -0.2) is 0 Å². The fourth-order valence-corrected chi connectivity index (χ4v) is 4.29. The van der Waals surface area contributed by atoms with Crippen LogP contribution in [0.2, 0.25) is 0 Å². The van der Waals surface area contributed by atoms with Crippen LogP contribution in [0, 0.1) is 11.8 Å². The Bertz CT molecular complexity index is 1200. The van der Waals surface area contributed by atoms with Crippen LogP contribution in [-0.2, 0) is 9.59 Å². The van der Waals surface area contributed by atoms with Crippen LogP contribution in [0.25, 0.3) is 0 Å².